The Hall–Kier alpha value is -1.54. The predicted octanol–water partition coefficient (Wildman–Crippen LogP) is 2.94. The van der Waals surface area contributed by atoms with E-state index in [-0.39, 0.29) is 23.1 Å². The lowest BCUT2D eigenvalue weighted by Gasteiger charge is -2.34. The van der Waals surface area contributed by atoms with Crippen molar-refractivity contribution in [3.05, 3.63) is 65.7 Å². The minimum Gasteiger partial charge on any atom is -0.300 e. The fourth-order valence-corrected chi connectivity index (χ4v) is 4.31. The van der Waals surface area contributed by atoms with Gasteiger partial charge in [0.1, 0.15) is 11.6 Å². The smallest absolute Gasteiger partial charge is 0.243 e. The molecule has 0 atom stereocenters. The highest BCUT2D eigenvalue weighted by Crippen LogP contribution is 2.18. The van der Waals surface area contributed by atoms with Crippen LogP contribution in [-0.4, -0.2) is 50.3 Å². The first-order chi connectivity index (χ1) is 11.9. The topological polar surface area (TPSA) is 40.6 Å². The molecule has 26 heavy (non-hydrogen) atoms. The van der Waals surface area contributed by atoms with E-state index in [1.807, 2.05) is 0 Å². The van der Waals surface area contributed by atoms with E-state index < -0.39 is 15.8 Å². The monoisotopic (exact) mass is 402 g/mol. The van der Waals surface area contributed by atoms with Gasteiger partial charge in [-0.05, 0) is 48.4 Å². The first-order valence-electron chi connectivity index (χ1n) is 8.18. The third-order valence-corrected chi connectivity index (χ3v) is 6.33. The number of hydrogen-bond donors (Lipinski definition) is 0. The Labute approximate surface area is 158 Å². The average Bonchev–Trinajstić information content (AvgIpc) is 2.62. The summed E-state index contributed by atoms with van der Waals surface area (Å²) in [5, 5.41) is 0. The van der Waals surface area contributed by atoms with Gasteiger partial charge in [0.05, 0.1) is 4.90 Å². The van der Waals surface area contributed by atoms with Gasteiger partial charge in [-0.2, -0.15) is 4.31 Å². The van der Waals surface area contributed by atoms with Gasteiger partial charge in [0, 0.05) is 32.7 Å². The molecule has 0 unspecified atom stereocenters. The van der Waals surface area contributed by atoms with E-state index in [0.717, 1.165) is 30.7 Å². The quantitative estimate of drug-likeness (QED) is 0.772. The van der Waals surface area contributed by atoms with Crippen LogP contribution in [-0.2, 0) is 16.4 Å². The van der Waals surface area contributed by atoms with Crippen molar-refractivity contribution in [3.8, 4) is 0 Å². The molecule has 1 aliphatic rings. The van der Waals surface area contributed by atoms with Crippen LogP contribution in [0, 0.1) is 11.6 Å². The van der Waals surface area contributed by atoms with E-state index in [0.29, 0.717) is 26.2 Å². The number of hydrogen-bond acceptors (Lipinski definition) is 3. The average molecular weight is 403 g/mol. The van der Waals surface area contributed by atoms with Crippen LogP contribution in [0.3, 0.4) is 0 Å². The minimum absolute atomic E-state index is 0. The summed E-state index contributed by atoms with van der Waals surface area (Å²) in [5.41, 5.74) is 1.06. The molecule has 0 spiro atoms. The van der Waals surface area contributed by atoms with Gasteiger partial charge in [0.25, 0.3) is 0 Å². The molecule has 0 bridgehead atoms. The second-order valence-electron chi connectivity index (χ2n) is 6.08. The third-order valence-electron chi connectivity index (χ3n) is 4.41. The zero-order valence-electron chi connectivity index (χ0n) is 14.1. The summed E-state index contributed by atoms with van der Waals surface area (Å²) in [6, 6.07) is 11.3. The summed E-state index contributed by atoms with van der Waals surface area (Å²) < 4.78 is 52.5. The van der Waals surface area contributed by atoms with Crippen LogP contribution in [0.4, 0.5) is 8.78 Å². The second kappa shape index (κ2) is 8.90. The second-order valence-corrected chi connectivity index (χ2v) is 8.01. The summed E-state index contributed by atoms with van der Waals surface area (Å²) >= 11 is 0. The maximum atomic E-state index is 13.0. The van der Waals surface area contributed by atoms with E-state index in [1.54, 1.807) is 12.1 Å². The minimum atomic E-state index is -3.58. The Bertz CT molecular complexity index is 806. The number of rotatable bonds is 5. The molecule has 1 heterocycles. The lowest BCUT2D eigenvalue weighted by Crippen LogP contribution is -2.48. The Balaban J connectivity index is 0.00000243. The van der Waals surface area contributed by atoms with Crippen LogP contribution >= 0.6 is 12.4 Å². The number of halogens is 3. The van der Waals surface area contributed by atoms with Crippen molar-refractivity contribution < 1.29 is 17.2 Å². The number of piperazine rings is 1. The molecule has 1 saturated heterocycles. The Morgan fingerprint density at radius 3 is 1.85 bits per heavy atom. The highest BCUT2D eigenvalue weighted by atomic mass is 35.5. The first-order valence-corrected chi connectivity index (χ1v) is 9.62. The van der Waals surface area contributed by atoms with Crippen molar-refractivity contribution in [1.82, 2.24) is 9.21 Å². The van der Waals surface area contributed by atoms with Gasteiger partial charge in [-0.3, -0.25) is 0 Å². The molecule has 0 saturated carbocycles. The zero-order chi connectivity index (χ0) is 17.9. The van der Waals surface area contributed by atoms with Gasteiger partial charge >= 0.3 is 0 Å². The number of sulfonamides is 1. The van der Waals surface area contributed by atoms with Gasteiger partial charge in [-0.15, -0.1) is 12.4 Å². The molecule has 0 aliphatic carbocycles. The van der Waals surface area contributed by atoms with Crippen molar-refractivity contribution in [1.29, 1.82) is 0 Å². The van der Waals surface area contributed by atoms with Crippen molar-refractivity contribution >= 4 is 22.4 Å². The molecule has 1 aliphatic heterocycles. The molecule has 3 rings (SSSR count). The van der Waals surface area contributed by atoms with Crippen LogP contribution in [0.2, 0.25) is 0 Å². The van der Waals surface area contributed by atoms with E-state index in [1.165, 1.54) is 28.6 Å². The molecule has 8 heteroatoms. The van der Waals surface area contributed by atoms with Gasteiger partial charge in [-0.25, -0.2) is 17.2 Å². The van der Waals surface area contributed by atoms with Crippen LogP contribution in [0.5, 0.6) is 0 Å². The molecular formula is C18H21ClF2N2O2S. The summed E-state index contributed by atoms with van der Waals surface area (Å²) in [5.74, 6) is -0.701. The maximum absolute atomic E-state index is 13.0. The molecule has 0 N–H and O–H groups in total. The van der Waals surface area contributed by atoms with E-state index in [2.05, 4.69) is 4.90 Å². The van der Waals surface area contributed by atoms with Crippen LogP contribution < -0.4 is 0 Å². The normalized spacial score (nSPS) is 16.2. The largest absolute Gasteiger partial charge is 0.300 e. The zero-order valence-corrected chi connectivity index (χ0v) is 15.8. The third kappa shape index (κ3) is 5.01. The molecule has 2 aromatic carbocycles. The lowest BCUT2D eigenvalue weighted by molar-refractivity contribution is 0.190. The maximum Gasteiger partial charge on any atom is 0.243 e. The van der Waals surface area contributed by atoms with Gasteiger partial charge in [0.2, 0.25) is 10.0 Å². The highest BCUT2D eigenvalue weighted by Gasteiger charge is 2.28. The van der Waals surface area contributed by atoms with Crippen molar-refractivity contribution in [2.45, 2.75) is 11.3 Å². The standard InChI is InChI=1S/C18H20F2N2O2S.ClH/c19-16-3-1-15(2-4-16)9-10-21-11-13-22(14-12-21)25(23,24)18-7-5-17(20)6-8-18;/h1-8H,9-14H2;1H. The summed E-state index contributed by atoms with van der Waals surface area (Å²) in [6.45, 7) is 2.89. The molecule has 0 radical (unpaired) electrons. The summed E-state index contributed by atoms with van der Waals surface area (Å²) in [4.78, 5) is 2.31. The fourth-order valence-electron chi connectivity index (χ4n) is 2.89. The summed E-state index contributed by atoms with van der Waals surface area (Å²) in [7, 11) is -3.58. The molecule has 0 amide bonds. The van der Waals surface area contributed by atoms with E-state index in [9.17, 15) is 17.2 Å². The molecule has 1 fully saturated rings. The van der Waals surface area contributed by atoms with E-state index in [4.69, 9.17) is 0 Å². The number of nitrogens with zero attached hydrogens (tertiary/aromatic N) is 2. The SMILES string of the molecule is Cl.O=S(=O)(c1ccc(F)cc1)N1CCN(CCc2ccc(F)cc2)CC1. The first kappa shape index (κ1) is 20.8. The van der Waals surface area contributed by atoms with Gasteiger partial charge in [-0.1, -0.05) is 12.1 Å². The van der Waals surface area contributed by atoms with Gasteiger partial charge in [0.15, 0.2) is 0 Å². The van der Waals surface area contributed by atoms with Crippen LogP contribution in [0.25, 0.3) is 0 Å². The molecule has 142 valence electrons. The van der Waals surface area contributed by atoms with Crippen LogP contribution in [0.15, 0.2) is 53.4 Å². The number of benzene rings is 2. The van der Waals surface area contributed by atoms with Crippen molar-refractivity contribution in [3.63, 3.8) is 0 Å². The molecule has 0 aromatic heterocycles. The summed E-state index contributed by atoms with van der Waals surface area (Å²) in [6.07, 6.45) is 0.797. The van der Waals surface area contributed by atoms with Crippen molar-refractivity contribution in [2.24, 2.45) is 0 Å². The molecule has 2 aromatic rings. The van der Waals surface area contributed by atoms with Crippen molar-refractivity contribution in [2.75, 3.05) is 32.7 Å². The van der Waals surface area contributed by atoms with Gasteiger partial charge < -0.3 is 4.90 Å². The van der Waals surface area contributed by atoms with E-state index >= 15 is 0 Å². The molecular weight excluding hydrogens is 382 g/mol. The predicted molar refractivity (Wildman–Crippen MR) is 99.0 cm³/mol. The van der Waals surface area contributed by atoms with Crippen LogP contribution in [0.1, 0.15) is 5.56 Å². The lowest BCUT2D eigenvalue weighted by atomic mass is 10.1. The Morgan fingerprint density at radius 1 is 0.808 bits per heavy atom. The fraction of sp³-hybridized carbons (Fsp3) is 0.333. The Kier molecular flexibility index (Phi) is 7.11. The Morgan fingerprint density at radius 2 is 1.31 bits per heavy atom. The molecule has 4 nitrogen and oxygen atoms in total. The highest BCUT2D eigenvalue weighted by molar-refractivity contribution is 7.89.